The minimum Gasteiger partial charge on any atom is -0.376 e. The molecule has 0 unspecified atom stereocenters. The molecule has 1 fully saturated rings. The zero-order chi connectivity index (χ0) is 16.6. The summed E-state index contributed by atoms with van der Waals surface area (Å²) in [5.74, 6) is 0. The number of aromatic nitrogens is 1. The maximum absolute atomic E-state index is 12.6. The number of carbonyl (C=O) groups excluding carboxylic acids is 1. The Labute approximate surface area is 146 Å². The fourth-order valence-corrected chi connectivity index (χ4v) is 3.52. The van der Waals surface area contributed by atoms with Crippen LogP contribution in [0.25, 0.3) is 0 Å². The van der Waals surface area contributed by atoms with Gasteiger partial charge in [-0.15, -0.1) is 11.3 Å². The highest BCUT2D eigenvalue weighted by molar-refractivity contribution is 7.09. The van der Waals surface area contributed by atoms with Crippen LogP contribution in [0.15, 0.2) is 41.9 Å². The van der Waals surface area contributed by atoms with Crippen LogP contribution in [0.4, 0.5) is 4.79 Å². The summed E-state index contributed by atoms with van der Waals surface area (Å²) < 4.78 is 5.70. The van der Waals surface area contributed by atoms with Crippen molar-refractivity contribution in [1.29, 1.82) is 0 Å². The largest absolute Gasteiger partial charge is 0.376 e. The Bertz CT molecular complexity index is 612. The summed E-state index contributed by atoms with van der Waals surface area (Å²) in [7, 11) is 0. The van der Waals surface area contributed by atoms with Gasteiger partial charge < -0.3 is 15.0 Å². The van der Waals surface area contributed by atoms with Gasteiger partial charge in [-0.3, -0.25) is 4.98 Å². The van der Waals surface area contributed by atoms with Crippen molar-refractivity contribution in [3.8, 4) is 0 Å². The normalized spacial score (nSPS) is 16.9. The van der Waals surface area contributed by atoms with Gasteiger partial charge in [0.15, 0.2) is 0 Å². The molecule has 2 aromatic heterocycles. The molecule has 24 heavy (non-hydrogen) atoms. The van der Waals surface area contributed by atoms with E-state index >= 15 is 0 Å². The van der Waals surface area contributed by atoms with Crippen LogP contribution in [-0.4, -0.2) is 41.7 Å². The molecule has 2 amide bonds. The topological polar surface area (TPSA) is 54.5 Å². The summed E-state index contributed by atoms with van der Waals surface area (Å²) in [6.07, 6.45) is 4.78. The van der Waals surface area contributed by atoms with Crippen molar-refractivity contribution in [2.45, 2.75) is 31.9 Å². The van der Waals surface area contributed by atoms with Crippen LogP contribution < -0.4 is 5.32 Å². The van der Waals surface area contributed by atoms with E-state index in [1.807, 2.05) is 34.5 Å². The van der Waals surface area contributed by atoms with Gasteiger partial charge in [0.1, 0.15) is 0 Å². The molecule has 1 atom stereocenters. The Morgan fingerprint density at radius 1 is 1.38 bits per heavy atom. The first kappa shape index (κ1) is 16.9. The van der Waals surface area contributed by atoms with Gasteiger partial charge in [0.25, 0.3) is 0 Å². The number of carbonyl (C=O) groups is 1. The highest BCUT2D eigenvalue weighted by atomic mass is 32.1. The van der Waals surface area contributed by atoms with Gasteiger partial charge in [-0.1, -0.05) is 12.1 Å². The van der Waals surface area contributed by atoms with Gasteiger partial charge in [-0.05, 0) is 36.4 Å². The minimum absolute atomic E-state index is 0.0326. The van der Waals surface area contributed by atoms with Crippen molar-refractivity contribution < 1.29 is 9.53 Å². The number of pyridine rings is 1. The van der Waals surface area contributed by atoms with E-state index in [9.17, 15) is 4.79 Å². The summed E-state index contributed by atoms with van der Waals surface area (Å²) in [6, 6.07) is 9.88. The van der Waals surface area contributed by atoms with Crippen LogP contribution in [-0.2, 0) is 17.7 Å². The van der Waals surface area contributed by atoms with Crippen LogP contribution in [0.5, 0.6) is 0 Å². The molecule has 0 spiro atoms. The monoisotopic (exact) mass is 345 g/mol. The summed E-state index contributed by atoms with van der Waals surface area (Å²) in [5, 5.41) is 5.05. The Hall–Kier alpha value is -1.92. The molecule has 3 rings (SSSR count). The molecule has 1 aliphatic heterocycles. The van der Waals surface area contributed by atoms with E-state index in [1.165, 1.54) is 4.88 Å². The quantitative estimate of drug-likeness (QED) is 0.839. The second kappa shape index (κ2) is 8.80. The molecule has 0 aliphatic carbocycles. The molecular formula is C18H23N3O2S. The highest BCUT2D eigenvalue weighted by Crippen LogP contribution is 2.17. The summed E-state index contributed by atoms with van der Waals surface area (Å²) in [4.78, 5) is 19.9. The molecular weight excluding hydrogens is 322 g/mol. The maximum atomic E-state index is 12.6. The van der Waals surface area contributed by atoms with E-state index in [-0.39, 0.29) is 12.1 Å². The number of nitrogens with one attached hydrogen (secondary N) is 1. The highest BCUT2D eigenvalue weighted by Gasteiger charge is 2.22. The Kier molecular flexibility index (Phi) is 6.20. The van der Waals surface area contributed by atoms with E-state index < -0.39 is 0 Å². The summed E-state index contributed by atoms with van der Waals surface area (Å²) in [5.41, 5.74) is 0.988. The van der Waals surface area contributed by atoms with Gasteiger partial charge in [-0.2, -0.15) is 0 Å². The van der Waals surface area contributed by atoms with Gasteiger partial charge in [-0.25, -0.2) is 4.79 Å². The smallest absolute Gasteiger partial charge is 0.317 e. The second-order valence-electron chi connectivity index (χ2n) is 5.90. The third-order valence-electron chi connectivity index (χ3n) is 4.05. The van der Waals surface area contributed by atoms with Crippen LogP contribution in [0, 0.1) is 0 Å². The van der Waals surface area contributed by atoms with Crippen molar-refractivity contribution in [2.24, 2.45) is 0 Å². The van der Waals surface area contributed by atoms with Crippen molar-refractivity contribution in [3.63, 3.8) is 0 Å². The molecule has 2 aromatic rings. The number of urea groups is 1. The number of hydrogen-bond acceptors (Lipinski definition) is 4. The number of ether oxygens (including phenoxy) is 1. The van der Waals surface area contributed by atoms with E-state index in [0.717, 1.165) is 31.6 Å². The standard InChI is InChI=1S/C18H23N3O2S/c22-18(20-10-8-15-5-1-2-9-19-15)21(13-16-6-3-11-23-16)14-17-7-4-12-24-17/h1-2,4-5,7,9,12,16H,3,6,8,10-11,13-14H2,(H,20,22)/t16-/m1/s1. The number of hydrogen-bond donors (Lipinski definition) is 1. The molecule has 6 heteroatoms. The van der Waals surface area contributed by atoms with Crippen molar-refractivity contribution in [1.82, 2.24) is 15.2 Å². The third kappa shape index (κ3) is 5.04. The molecule has 1 aliphatic rings. The summed E-state index contributed by atoms with van der Waals surface area (Å²) in [6.45, 7) is 2.67. The van der Waals surface area contributed by atoms with Gasteiger partial charge >= 0.3 is 6.03 Å². The van der Waals surface area contributed by atoms with Gasteiger partial charge in [0.05, 0.1) is 12.6 Å². The van der Waals surface area contributed by atoms with Gasteiger partial charge in [0.2, 0.25) is 0 Å². The first-order valence-electron chi connectivity index (χ1n) is 8.38. The molecule has 128 valence electrons. The fourth-order valence-electron chi connectivity index (χ4n) is 2.80. The van der Waals surface area contributed by atoms with E-state index in [2.05, 4.69) is 16.4 Å². The lowest BCUT2D eigenvalue weighted by Gasteiger charge is -2.25. The molecule has 3 heterocycles. The zero-order valence-corrected chi connectivity index (χ0v) is 14.5. The predicted octanol–water partition coefficient (Wildman–Crippen LogP) is 3.08. The Morgan fingerprint density at radius 3 is 3.04 bits per heavy atom. The molecule has 0 radical (unpaired) electrons. The maximum Gasteiger partial charge on any atom is 0.317 e. The molecule has 0 aromatic carbocycles. The lowest BCUT2D eigenvalue weighted by molar-refractivity contribution is 0.0797. The van der Waals surface area contributed by atoms with E-state index in [1.54, 1.807) is 17.5 Å². The van der Waals surface area contributed by atoms with E-state index in [0.29, 0.717) is 19.6 Å². The third-order valence-corrected chi connectivity index (χ3v) is 4.91. The lowest BCUT2D eigenvalue weighted by Crippen LogP contribution is -2.43. The van der Waals surface area contributed by atoms with Crippen molar-refractivity contribution >= 4 is 17.4 Å². The van der Waals surface area contributed by atoms with Crippen LogP contribution in [0.2, 0.25) is 0 Å². The number of nitrogens with zero attached hydrogens (tertiary/aromatic N) is 2. The van der Waals surface area contributed by atoms with Gasteiger partial charge in [0, 0.05) is 42.9 Å². The molecule has 0 bridgehead atoms. The number of rotatable bonds is 7. The van der Waals surface area contributed by atoms with Crippen LogP contribution in [0.1, 0.15) is 23.4 Å². The van der Waals surface area contributed by atoms with Crippen molar-refractivity contribution in [3.05, 3.63) is 52.5 Å². The fraction of sp³-hybridized carbons (Fsp3) is 0.444. The lowest BCUT2D eigenvalue weighted by atomic mass is 10.2. The molecule has 0 saturated carbocycles. The number of thiophene rings is 1. The first-order valence-corrected chi connectivity index (χ1v) is 9.26. The van der Waals surface area contributed by atoms with Crippen molar-refractivity contribution in [2.75, 3.05) is 19.7 Å². The zero-order valence-electron chi connectivity index (χ0n) is 13.7. The second-order valence-corrected chi connectivity index (χ2v) is 6.93. The Balaban J connectivity index is 1.53. The summed E-state index contributed by atoms with van der Waals surface area (Å²) >= 11 is 1.67. The first-order chi connectivity index (χ1) is 11.8. The average Bonchev–Trinajstić information content (AvgIpc) is 3.29. The molecule has 1 saturated heterocycles. The van der Waals surface area contributed by atoms with Crippen LogP contribution in [0.3, 0.4) is 0 Å². The Morgan fingerprint density at radius 2 is 2.33 bits per heavy atom. The van der Waals surface area contributed by atoms with Crippen LogP contribution >= 0.6 is 11.3 Å². The molecule has 1 N–H and O–H groups in total. The SMILES string of the molecule is O=C(NCCc1ccccn1)N(Cc1cccs1)C[C@H]1CCCO1. The molecule has 5 nitrogen and oxygen atoms in total. The minimum atomic E-state index is -0.0326. The van der Waals surface area contributed by atoms with E-state index in [4.69, 9.17) is 4.74 Å². The average molecular weight is 345 g/mol. The predicted molar refractivity (Wildman–Crippen MR) is 95.0 cm³/mol. The number of amides is 2.